The van der Waals surface area contributed by atoms with Crippen molar-refractivity contribution in [1.29, 1.82) is 0 Å². The molecule has 0 unspecified atom stereocenters. The number of nitrogens with zero attached hydrogens (tertiary/aromatic N) is 2. The summed E-state index contributed by atoms with van der Waals surface area (Å²) < 4.78 is 27.1. The smallest absolute Gasteiger partial charge is 0.242 e. The van der Waals surface area contributed by atoms with Gasteiger partial charge >= 0.3 is 0 Å². The van der Waals surface area contributed by atoms with E-state index in [1.165, 1.54) is 17.4 Å². The molecule has 0 aliphatic rings. The third-order valence-electron chi connectivity index (χ3n) is 3.28. The molecular formula is C16H14ClN3O2S2. The number of pyridine rings is 1. The van der Waals surface area contributed by atoms with Gasteiger partial charge in [-0.25, -0.2) is 18.1 Å². The van der Waals surface area contributed by atoms with Gasteiger partial charge < -0.3 is 0 Å². The standard InChI is InChI=1S/C16H14ClN3O2S2/c17-13-3-1-2-4-15(13)24(21,22)19-10-7-16-20-14(11-23-16)12-5-8-18-9-6-12/h1-6,8-9,11,19H,7,10H2. The summed E-state index contributed by atoms with van der Waals surface area (Å²) in [6, 6.07) is 10.1. The molecule has 0 atom stereocenters. The highest BCUT2D eigenvalue weighted by molar-refractivity contribution is 7.89. The number of hydrogen-bond acceptors (Lipinski definition) is 5. The fourth-order valence-corrected chi connectivity index (χ4v) is 4.47. The van der Waals surface area contributed by atoms with Crippen molar-refractivity contribution in [1.82, 2.24) is 14.7 Å². The molecule has 0 saturated heterocycles. The molecule has 0 aliphatic heterocycles. The summed E-state index contributed by atoms with van der Waals surface area (Å²) in [5.74, 6) is 0. The van der Waals surface area contributed by atoms with Gasteiger partial charge in [-0.1, -0.05) is 23.7 Å². The molecule has 0 spiro atoms. The molecule has 0 saturated carbocycles. The first-order valence-electron chi connectivity index (χ1n) is 7.15. The molecule has 3 aromatic rings. The van der Waals surface area contributed by atoms with Crippen LogP contribution < -0.4 is 4.72 Å². The van der Waals surface area contributed by atoms with Gasteiger partial charge in [0.15, 0.2) is 0 Å². The van der Waals surface area contributed by atoms with Crippen molar-refractivity contribution in [2.45, 2.75) is 11.3 Å². The maximum Gasteiger partial charge on any atom is 0.242 e. The number of benzene rings is 1. The van der Waals surface area contributed by atoms with Gasteiger partial charge in [-0.05, 0) is 24.3 Å². The normalized spacial score (nSPS) is 11.5. The van der Waals surface area contributed by atoms with E-state index in [4.69, 9.17) is 11.6 Å². The fraction of sp³-hybridized carbons (Fsp3) is 0.125. The average Bonchev–Trinajstić information content (AvgIpc) is 3.05. The van der Waals surface area contributed by atoms with Gasteiger partial charge in [-0.2, -0.15) is 0 Å². The number of rotatable bonds is 6. The van der Waals surface area contributed by atoms with Crippen LogP contribution in [0, 0.1) is 0 Å². The first-order chi connectivity index (χ1) is 11.6. The molecule has 2 heterocycles. The van der Waals surface area contributed by atoms with Crippen LogP contribution in [-0.2, 0) is 16.4 Å². The van der Waals surface area contributed by atoms with E-state index in [0.717, 1.165) is 16.3 Å². The lowest BCUT2D eigenvalue weighted by atomic mass is 10.2. The summed E-state index contributed by atoms with van der Waals surface area (Å²) in [7, 11) is -3.62. The van der Waals surface area contributed by atoms with Crippen LogP contribution in [0.4, 0.5) is 0 Å². The first kappa shape index (κ1) is 17.0. The van der Waals surface area contributed by atoms with Crippen molar-refractivity contribution in [3.8, 4) is 11.3 Å². The predicted octanol–water partition coefficient (Wildman–Crippen LogP) is 3.38. The Morgan fingerprint density at radius 2 is 1.88 bits per heavy atom. The molecule has 1 aromatic carbocycles. The maximum absolute atomic E-state index is 12.3. The van der Waals surface area contributed by atoms with E-state index in [-0.39, 0.29) is 16.5 Å². The van der Waals surface area contributed by atoms with Crippen molar-refractivity contribution >= 4 is 33.0 Å². The zero-order valence-electron chi connectivity index (χ0n) is 12.5. The molecule has 0 fully saturated rings. The highest BCUT2D eigenvalue weighted by atomic mass is 35.5. The second-order valence-corrected chi connectivity index (χ2v) is 8.03. The van der Waals surface area contributed by atoms with Crippen molar-refractivity contribution in [2.24, 2.45) is 0 Å². The highest BCUT2D eigenvalue weighted by Gasteiger charge is 2.16. The van der Waals surface area contributed by atoms with Crippen LogP contribution in [-0.4, -0.2) is 24.9 Å². The summed E-state index contributed by atoms with van der Waals surface area (Å²) in [5.41, 5.74) is 1.86. The Hall–Kier alpha value is -1.80. The van der Waals surface area contributed by atoms with E-state index < -0.39 is 10.0 Å². The molecule has 0 bridgehead atoms. The SMILES string of the molecule is O=S(=O)(NCCc1nc(-c2ccncc2)cs1)c1ccccc1Cl. The lowest BCUT2D eigenvalue weighted by Gasteiger charge is -2.07. The van der Waals surface area contributed by atoms with Crippen LogP contribution in [0.3, 0.4) is 0 Å². The van der Waals surface area contributed by atoms with Gasteiger partial charge in [0.25, 0.3) is 0 Å². The van der Waals surface area contributed by atoms with Crippen LogP contribution in [0.1, 0.15) is 5.01 Å². The van der Waals surface area contributed by atoms with Crippen LogP contribution in [0.25, 0.3) is 11.3 Å². The van der Waals surface area contributed by atoms with Gasteiger partial charge in [-0.15, -0.1) is 11.3 Å². The molecule has 3 rings (SSSR count). The highest BCUT2D eigenvalue weighted by Crippen LogP contribution is 2.22. The molecule has 0 amide bonds. The summed E-state index contributed by atoms with van der Waals surface area (Å²) >= 11 is 7.44. The molecule has 124 valence electrons. The van der Waals surface area contributed by atoms with Gasteiger partial charge in [-0.3, -0.25) is 4.98 Å². The number of halogens is 1. The first-order valence-corrected chi connectivity index (χ1v) is 9.89. The lowest BCUT2D eigenvalue weighted by molar-refractivity contribution is 0.581. The molecule has 8 heteroatoms. The summed E-state index contributed by atoms with van der Waals surface area (Å²) in [4.78, 5) is 8.58. The van der Waals surface area contributed by atoms with E-state index in [0.29, 0.717) is 6.42 Å². The van der Waals surface area contributed by atoms with Gasteiger partial charge in [0.2, 0.25) is 10.0 Å². The van der Waals surface area contributed by atoms with Gasteiger partial charge in [0.1, 0.15) is 4.90 Å². The van der Waals surface area contributed by atoms with Crippen molar-refractivity contribution in [2.75, 3.05) is 6.54 Å². The minimum atomic E-state index is -3.62. The number of nitrogens with one attached hydrogen (secondary N) is 1. The Bertz CT molecular complexity index is 927. The monoisotopic (exact) mass is 379 g/mol. The lowest BCUT2D eigenvalue weighted by Crippen LogP contribution is -2.26. The molecule has 24 heavy (non-hydrogen) atoms. The summed E-state index contributed by atoms with van der Waals surface area (Å²) in [5, 5.41) is 3.02. The van der Waals surface area contributed by atoms with E-state index in [1.54, 1.807) is 30.6 Å². The number of aromatic nitrogens is 2. The van der Waals surface area contributed by atoms with Crippen molar-refractivity contribution < 1.29 is 8.42 Å². The molecule has 1 N–H and O–H groups in total. The minimum absolute atomic E-state index is 0.0864. The maximum atomic E-state index is 12.3. The zero-order valence-corrected chi connectivity index (χ0v) is 14.9. The Labute approximate surface area is 149 Å². The van der Waals surface area contributed by atoms with Crippen LogP contribution in [0.2, 0.25) is 5.02 Å². The second kappa shape index (κ2) is 7.40. The molecule has 5 nitrogen and oxygen atoms in total. The summed E-state index contributed by atoms with van der Waals surface area (Å²) in [6.07, 6.45) is 3.94. The predicted molar refractivity (Wildman–Crippen MR) is 95.7 cm³/mol. The molecular weight excluding hydrogens is 366 g/mol. The second-order valence-electron chi connectivity index (χ2n) is 4.94. The molecule has 0 aliphatic carbocycles. The van der Waals surface area contributed by atoms with E-state index in [2.05, 4.69) is 14.7 Å². The number of sulfonamides is 1. The van der Waals surface area contributed by atoms with E-state index >= 15 is 0 Å². The van der Waals surface area contributed by atoms with Gasteiger partial charge in [0, 0.05) is 36.3 Å². The van der Waals surface area contributed by atoms with E-state index in [1.807, 2.05) is 17.5 Å². The fourth-order valence-electron chi connectivity index (χ4n) is 2.11. The van der Waals surface area contributed by atoms with E-state index in [9.17, 15) is 8.42 Å². The van der Waals surface area contributed by atoms with Crippen LogP contribution in [0.5, 0.6) is 0 Å². The number of hydrogen-bond donors (Lipinski definition) is 1. The van der Waals surface area contributed by atoms with Crippen LogP contribution >= 0.6 is 22.9 Å². The minimum Gasteiger partial charge on any atom is -0.265 e. The third-order valence-corrected chi connectivity index (χ3v) is 6.15. The Balaban J connectivity index is 1.63. The average molecular weight is 380 g/mol. The Morgan fingerprint density at radius 3 is 2.62 bits per heavy atom. The Morgan fingerprint density at radius 1 is 1.12 bits per heavy atom. The topological polar surface area (TPSA) is 72.0 Å². The molecule has 2 aromatic heterocycles. The van der Waals surface area contributed by atoms with Crippen molar-refractivity contribution in [3.05, 3.63) is 64.2 Å². The zero-order chi connectivity index (χ0) is 17.0. The largest absolute Gasteiger partial charge is 0.265 e. The van der Waals surface area contributed by atoms with Crippen molar-refractivity contribution in [3.63, 3.8) is 0 Å². The summed E-state index contributed by atoms with van der Waals surface area (Å²) in [6.45, 7) is 0.261. The van der Waals surface area contributed by atoms with Gasteiger partial charge in [0.05, 0.1) is 15.7 Å². The third kappa shape index (κ3) is 3.99. The molecule has 0 radical (unpaired) electrons. The quantitative estimate of drug-likeness (QED) is 0.712. The number of thiazole rings is 1. The Kier molecular flexibility index (Phi) is 5.25. The van der Waals surface area contributed by atoms with Crippen LogP contribution in [0.15, 0.2) is 59.1 Å².